The summed E-state index contributed by atoms with van der Waals surface area (Å²) in [6, 6.07) is 20.4. The lowest BCUT2D eigenvalue weighted by Crippen LogP contribution is -2.45. The highest BCUT2D eigenvalue weighted by molar-refractivity contribution is 6.23. The van der Waals surface area contributed by atoms with Gasteiger partial charge < -0.3 is 14.4 Å². The Labute approximate surface area is 204 Å². The number of amides is 3. The summed E-state index contributed by atoms with van der Waals surface area (Å²) in [5.41, 5.74) is 2.84. The molecule has 1 atom stereocenters. The van der Waals surface area contributed by atoms with Crippen molar-refractivity contribution in [3.05, 3.63) is 89.5 Å². The number of imide groups is 1. The minimum atomic E-state index is -0.912. The van der Waals surface area contributed by atoms with Crippen molar-refractivity contribution in [3.8, 4) is 11.5 Å². The van der Waals surface area contributed by atoms with Gasteiger partial charge in [0.25, 0.3) is 11.8 Å². The largest absolute Gasteiger partial charge is 0.497 e. The average molecular weight is 473 g/mol. The monoisotopic (exact) mass is 472 g/mol. The molecule has 35 heavy (non-hydrogen) atoms. The second-order valence-corrected chi connectivity index (χ2v) is 8.36. The lowest BCUT2D eigenvalue weighted by atomic mass is 10.1. The maximum absolute atomic E-state index is 13.6. The molecule has 3 amide bonds. The minimum absolute atomic E-state index is 0.0835. The molecule has 1 saturated heterocycles. The second-order valence-electron chi connectivity index (χ2n) is 8.36. The Balaban J connectivity index is 1.65. The Morgan fingerprint density at radius 3 is 2.17 bits per heavy atom. The van der Waals surface area contributed by atoms with Crippen LogP contribution in [0, 0.1) is 6.92 Å². The van der Waals surface area contributed by atoms with Crippen LogP contribution in [0.5, 0.6) is 11.5 Å². The average Bonchev–Trinajstić information content (AvgIpc) is 3.17. The Morgan fingerprint density at radius 1 is 0.943 bits per heavy atom. The molecule has 3 aromatic carbocycles. The highest BCUT2D eigenvalue weighted by Gasteiger charge is 2.44. The number of rotatable bonds is 8. The van der Waals surface area contributed by atoms with Gasteiger partial charge in [0.1, 0.15) is 17.5 Å². The van der Waals surface area contributed by atoms with Gasteiger partial charge in [-0.3, -0.25) is 14.4 Å². The summed E-state index contributed by atoms with van der Waals surface area (Å²) in [7, 11) is 1.55. The Hall–Kier alpha value is -4.13. The summed E-state index contributed by atoms with van der Waals surface area (Å²) >= 11 is 0. The van der Waals surface area contributed by atoms with Crippen molar-refractivity contribution < 1.29 is 23.9 Å². The number of methoxy groups -OCH3 is 1. The maximum Gasteiger partial charge on any atom is 0.257 e. The fourth-order valence-electron chi connectivity index (χ4n) is 4.10. The van der Waals surface area contributed by atoms with E-state index in [1.165, 1.54) is 4.90 Å². The molecule has 1 unspecified atom stereocenters. The van der Waals surface area contributed by atoms with Gasteiger partial charge in [-0.05, 0) is 67.9 Å². The highest BCUT2D eigenvalue weighted by atomic mass is 16.5. The molecule has 7 nitrogen and oxygen atoms in total. The van der Waals surface area contributed by atoms with Crippen LogP contribution in [0.4, 0.5) is 5.69 Å². The number of hydrogen-bond acceptors (Lipinski definition) is 5. The molecule has 1 aliphatic heterocycles. The zero-order valence-electron chi connectivity index (χ0n) is 20.1. The van der Waals surface area contributed by atoms with Crippen LogP contribution >= 0.6 is 0 Å². The zero-order valence-corrected chi connectivity index (χ0v) is 20.1. The molecule has 0 aromatic heterocycles. The summed E-state index contributed by atoms with van der Waals surface area (Å²) in [4.78, 5) is 42.7. The van der Waals surface area contributed by atoms with Gasteiger partial charge in [0.2, 0.25) is 5.91 Å². The van der Waals surface area contributed by atoms with E-state index in [0.29, 0.717) is 29.4 Å². The minimum Gasteiger partial charge on any atom is -0.497 e. The van der Waals surface area contributed by atoms with Crippen molar-refractivity contribution in [3.63, 3.8) is 0 Å². The first kappa shape index (κ1) is 24.0. The Morgan fingerprint density at radius 2 is 1.57 bits per heavy atom. The quantitative estimate of drug-likeness (QED) is 0.455. The van der Waals surface area contributed by atoms with Crippen molar-refractivity contribution in [2.24, 2.45) is 0 Å². The second kappa shape index (κ2) is 10.4. The molecule has 1 heterocycles. The molecule has 180 valence electrons. The van der Waals surface area contributed by atoms with E-state index in [1.807, 2.05) is 38.1 Å². The van der Waals surface area contributed by atoms with Crippen molar-refractivity contribution in [1.29, 1.82) is 0 Å². The topological polar surface area (TPSA) is 76.2 Å². The first-order chi connectivity index (χ1) is 16.9. The van der Waals surface area contributed by atoms with Gasteiger partial charge in [-0.2, -0.15) is 0 Å². The molecule has 7 heteroatoms. The highest BCUT2D eigenvalue weighted by Crippen LogP contribution is 2.29. The lowest BCUT2D eigenvalue weighted by molar-refractivity contribution is -0.122. The van der Waals surface area contributed by atoms with Gasteiger partial charge in [0, 0.05) is 12.1 Å². The van der Waals surface area contributed by atoms with Gasteiger partial charge in [0.15, 0.2) is 0 Å². The Kier molecular flexibility index (Phi) is 7.15. The Bertz CT molecular complexity index is 1200. The zero-order chi connectivity index (χ0) is 24.9. The first-order valence-corrected chi connectivity index (χ1v) is 11.5. The molecule has 0 radical (unpaired) electrons. The van der Waals surface area contributed by atoms with Crippen LogP contribution in [0.1, 0.15) is 34.8 Å². The number of hydrogen-bond donors (Lipinski definition) is 0. The van der Waals surface area contributed by atoms with E-state index in [0.717, 1.165) is 16.0 Å². The van der Waals surface area contributed by atoms with Crippen LogP contribution in [0.2, 0.25) is 0 Å². The molecule has 0 bridgehead atoms. The number of ether oxygens (including phenoxy) is 2. The van der Waals surface area contributed by atoms with Crippen molar-refractivity contribution in [2.75, 3.05) is 18.6 Å². The summed E-state index contributed by atoms with van der Waals surface area (Å²) in [5, 5.41) is 0. The molecule has 1 fully saturated rings. The third kappa shape index (κ3) is 5.19. The summed E-state index contributed by atoms with van der Waals surface area (Å²) in [6.45, 7) is 4.59. The number of aryl methyl sites for hydroxylation is 1. The van der Waals surface area contributed by atoms with E-state index in [9.17, 15) is 14.4 Å². The molecule has 0 aliphatic carbocycles. The molecule has 4 rings (SSSR count). The molecular weight excluding hydrogens is 444 g/mol. The van der Waals surface area contributed by atoms with Crippen LogP contribution in [0.15, 0.2) is 72.8 Å². The SMILES string of the molecule is CCOc1ccc(N2C(=O)CC(N(Cc3ccc(C)cc3)C(=O)c3ccc(OC)cc3)C2=O)cc1. The third-order valence-corrected chi connectivity index (χ3v) is 5.98. The van der Waals surface area contributed by atoms with Crippen molar-refractivity contribution in [1.82, 2.24) is 4.90 Å². The smallest absolute Gasteiger partial charge is 0.257 e. The normalized spacial score (nSPS) is 15.3. The predicted octanol–water partition coefficient (Wildman–Crippen LogP) is 4.38. The van der Waals surface area contributed by atoms with Crippen LogP contribution in [0.25, 0.3) is 0 Å². The van der Waals surface area contributed by atoms with Gasteiger partial charge in [-0.15, -0.1) is 0 Å². The van der Waals surface area contributed by atoms with Crippen LogP contribution in [0.3, 0.4) is 0 Å². The first-order valence-electron chi connectivity index (χ1n) is 11.5. The number of anilines is 1. The number of carbonyl (C=O) groups is 3. The van der Waals surface area contributed by atoms with E-state index >= 15 is 0 Å². The van der Waals surface area contributed by atoms with Crippen molar-refractivity contribution >= 4 is 23.4 Å². The molecule has 0 N–H and O–H groups in total. The predicted molar refractivity (Wildman–Crippen MR) is 133 cm³/mol. The van der Waals surface area contributed by atoms with E-state index in [2.05, 4.69) is 0 Å². The number of benzene rings is 3. The van der Waals surface area contributed by atoms with E-state index in [1.54, 1.807) is 55.6 Å². The van der Waals surface area contributed by atoms with Gasteiger partial charge in [-0.25, -0.2) is 4.90 Å². The van der Waals surface area contributed by atoms with E-state index in [4.69, 9.17) is 9.47 Å². The maximum atomic E-state index is 13.6. The summed E-state index contributed by atoms with van der Waals surface area (Å²) < 4.78 is 10.7. The van der Waals surface area contributed by atoms with Crippen LogP contribution in [-0.2, 0) is 16.1 Å². The van der Waals surface area contributed by atoms with Crippen LogP contribution in [-0.4, -0.2) is 42.4 Å². The number of nitrogens with zero attached hydrogens (tertiary/aromatic N) is 2. The fourth-order valence-corrected chi connectivity index (χ4v) is 4.10. The molecule has 0 spiro atoms. The standard InChI is InChI=1S/C28H28N2O5/c1-4-35-24-15-11-22(12-16-24)30-26(31)17-25(28(30)33)29(18-20-7-5-19(2)6-8-20)27(32)21-9-13-23(34-3)14-10-21/h5-16,25H,4,17-18H2,1-3H3. The molecule has 1 aliphatic rings. The third-order valence-electron chi connectivity index (χ3n) is 5.98. The van der Waals surface area contributed by atoms with E-state index in [-0.39, 0.29) is 24.8 Å². The molecule has 0 saturated carbocycles. The van der Waals surface area contributed by atoms with Gasteiger partial charge >= 0.3 is 0 Å². The summed E-state index contributed by atoms with van der Waals surface area (Å²) in [6.07, 6.45) is -0.0835. The lowest BCUT2D eigenvalue weighted by Gasteiger charge is -2.28. The van der Waals surface area contributed by atoms with Gasteiger partial charge in [-0.1, -0.05) is 29.8 Å². The van der Waals surface area contributed by atoms with E-state index < -0.39 is 11.9 Å². The molecular formula is C28H28N2O5. The summed E-state index contributed by atoms with van der Waals surface area (Å²) in [5.74, 6) is 0.185. The van der Waals surface area contributed by atoms with Crippen LogP contribution < -0.4 is 14.4 Å². The molecule has 3 aromatic rings. The fraction of sp³-hybridized carbons (Fsp3) is 0.250. The number of carbonyl (C=O) groups excluding carboxylic acids is 3. The van der Waals surface area contributed by atoms with Crippen molar-refractivity contribution in [2.45, 2.75) is 32.9 Å². The van der Waals surface area contributed by atoms with Gasteiger partial charge in [0.05, 0.1) is 25.8 Å².